The third-order valence-electron chi connectivity index (χ3n) is 4.03. The van der Waals surface area contributed by atoms with E-state index in [1.165, 1.54) is 31.4 Å². The first kappa shape index (κ1) is 14.2. The van der Waals surface area contributed by atoms with Crippen LogP contribution in [0.2, 0.25) is 0 Å². The van der Waals surface area contributed by atoms with Crippen molar-refractivity contribution in [3.8, 4) is 0 Å². The number of esters is 1. The molecule has 1 aliphatic heterocycles. The molecule has 0 unspecified atom stereocenters. The Bertz CT molecular complexity index is 271. The van der Waals surface area contributed by atoms with Crippen LogP contribution in [-0.4, -0.2) is 36.2 Å². The summed E-state index contributed by atoms with van der Waals surface area (Å²) in [7, 11) is 0. The van der Waals surface area contributed by atoms with Gasteiger partial charge in [-0.3, -0.25) is 4.79 Å². The van der Waals surface area contributed by atoms with Gasteiger partial charge >= 0.3 is 5.97 Å². The van der Waals surface area contributed by atoms with E-state index in [1.807, 2.05) is 0 Å². The second-order valence-electron chi connectivity index (χ2n) is 5.28. The van der Waals surface area contributed by atoms with Crippen LogP contribution in [0.1, 0.15) is 45.4 Å². The molecule has 3 atom stereocenters. The zero-order chi connectivity index (χ0) is 12.8. The Hall–Kier alpha value is -0.220. The van der Waals surface area contributed by atoms with Crippen LogP contribution >= 0.6 is 11.8 Å². The molecular weight excluding hydrogens is 246 g/mol. The molecule has 0 bridgehead atoms. The lowest BCUT2D eigenvalue weighted by atomic mass is 9.94. The molecule has 0 spiro atoms. The van der Waals surface area contributed by atoms with E-state index in [2.05, 4.69) is 24.0 Å². The Labute approximate surface area is 114 Å². The Morgan fingerprint density at radius 1 is 1.33 bits per heavy atom. The number of ether oxygens (including phenoxy) is 1. The normalized spacial score (nSPS) is 32.5. The second-order valence-corrected chi connectivity index (χ2v) is 6.80. The maximum Gasteiger partial charge on any atom is 0.309 e. The molecule has 1 N–H and O–H groups in total. The number of nitrogens with one attached hydrogen (secondary N) is 1. The van der Waals surface area contributed by atoms with Crippen LogP contribution in [0.4, 0.5) is 0 Å². The maximum absolute atomic E-state index is 11.4. The molecule has 1 heterocycles. The van der Waals surface area contributed by atoms with E-state index in [0.29, 0.717) is 12.6 Å². The van der Waals surface area contributed by atoms with Crippen molar-refractivity contribution in [1.29, 1.82) is 0 Å². The largest absolute Gasteiger partial charge is 0.465 e. The van der Waals surface area contributed by atoms with E-state index >= 15 is 0 Å². The van der Waals surface area contributed by atoms with Gasteiger partial charge < -0.3 is 10.1 Å². The van der Waals surface area contributed by atoms with Crippen LogP contribution in [0.15, 0.2) is 0 Å². The molecular formula is C14H25NO2S. The average Bonchev–Trinajstić information content (AvgIpc) is 2.78. The maximum atomic E-state index is 11.4. The van der Waals surface area contributed by atoms with E-state index in [9.17, 15) is 4.79 Å². The van der Waals surface area contributed by atoms with Gasteiger partial charge in [-0.2, -0.15) is 11.8 Å². The van der Waals surface area contributed by atoms with Crippen LogP contribution in [0, 0.1) is 5.92 Å². The van der Waals surface area contributed by atoms with E-state index < -0.39 is 0 Å². The molecule has 0 amide bonds. The van der Waals surface area contributed by atoms with Crippen LogP contribution < -0.4 is 5.32 Å². The summed E-state index contributed by atoms with van der Waals surface area (Å²) in [6.07, 6.45) is 7.24. The molecule has 1 aliphatic carbocycles. The number of hydrogen-bond donors (Lipinski definition) is 1. The fraction of sp³-hybridized carbons (Fsp3) is 0.929. The van der Waals surface area contributed by atoms with Gasteiger partial charge in [-0.05, 0) is 38.0 Å². The van der Waals surface area contributed by atoms with Crippen molar-refractivity contribution in [2.75, 3.05) is 18.9 Å². The molecule has 2 aliphatic rings. The summed E-state index contributed by atoms with van der Waals surface area (Å²) in [6.45, 7) is 3.83. The number of cyclic esters (lactones) is 1. The van der Waals surface area contributed by atoms with Gasteiger partial charge in [-0.15, -0.1) is 0 Å². The first-order chi connectivity index (χ1) is 8.81. The van der Waals surface area contributed by atoms with Crippen molar-refractivity contribution >= 4 is 17.7 Å². The quantitative estimate of drug-likeness (QED) is 0.754. The zero-order valence-corrected chi connectivity index (χ0v) is 12.1. The molecule has 0 aromatic heterocycles. The molecule has 1 saturated heterocycles. The topological polar surface area (TPSA) is 38.3 Å². The standard InChI is InChI=1S/C14H25NO2S/c1-2-18-13-6-4-3-5-12(13)15-9-7-11-8-10-17-14(11)16/h11-13,15H,2-10H2,1H3/t11-,12+,13+/m0/s1. The lowest BCUT2D eigenvalue weighted by molar-refractivity contribution is -0.141. The molecule has 104 valence electrons. The van der Waals surface area contributed by atoms with E-state index in [-0.39, 0.29) is 11.9 Å². The van der Waals surface area contributed by atoms with Crippen molar-refractivity contribution in [3.63, 3.8) is 0 Å². The van der Waals surface area contributed by atoms with E-state index in [4.69, 9.17) is 4.74 Å². The highest BCUT2D eigenvalue weighted by atomic mass is 32.2. The minimum Gasteiger partial charge on any atom is -0.465 e. The average molecular weight is 271 g/mol. The molecule has 2 rings (SSSR count). The summed E-state index contributed by atoms with van der Waals surface area (Å²) in [5.74, 6) is 1.37. The summed E-state index contributed by atoms with van der Waals surface area (Å²) in [5, 5.41) is 4.45. The lowest BCUT2D eigenvalue weighted by Gasteiger charge is -2.32. The minimum atomic E-state index is 0.0138. The Kier molecular flexibility index (Phi) is 5.83. The Morgan fingerprint density at radius 3 is 2.89 bits per heavy atom. The van der Waals surface area contributed by atoms with Crippen LogP contribution in [-0.2, 0) is 9.53 Å². The third kappa shape index (κ3) is 3.89. The summed E-state index contributed by atoms with van der Waals surface area (Å²) in [6, 6.07) is 0.654. The molecule has 18 heavy (non-hydrogen) atoms. The van der Waals surface area contributed by atoms with Gasteiger partial charge in [0.25, 0.3) is 0 Å². The first-order valence-corrected chi connectivity index (χ1v) is 8.37. The molecule has 4 heteroatoms. The molecule has 3 nitrogen and oxygen atoms in total. The predicted octanol–water partition coefficient (Wildman–Crippen LogP) is 2.59. The highest BCUT2D eigenvalue weighted by Gasteiger charge is 2.28. The van der Waals surface area contributed by atoms with E-state index in [1.54, 1.807) is 0 Å². The van der Waals surface area contributed by atoms with Gasteiger partial charge in [0, 0.05) is 11.3 Å². The minimum absolute atomic E-state index is 0.0138. The van der Waals surface area contributed by atoms with Gasteiger partial charge in [0.15, 0.2) is 0 Å². The summed E-state index contributed by atoms with van der Waals surface area (Å²) < 4.78 is 5.00. The van der Waals surface area contributed by atoms with Gasteiger partial charge in [0.1, 0.15) is 0 Å². The number of carbonyl (C=O) groups excluding carboxylic acids is 1. The molecule has 0 radical (unpaired) electrons. The summed E-state index contributed by atoms with van der Waals surface area (Å²) in [4.78, 5) is 11.4. The number of hydrogen-bond acceptors (Lipinski definition) is 4. The fourth-order valence-electron chi connectivity index (χ4n) is 2.99. The van der Waals surface area contributed by atoms with Crippen molar-refractivity contribution in [2.45, 2.75) is 56.7 Å². The van der Waals surface area contributed by atoms with Crippen molar-refractivity contribution in [2.24, 2.45) is 5.92 Å². The molecule has 2 fully saturated rings. The monoisotopic (exact) mass is 271 g/mol. The second kappa shape index (κ2) is 7.39. The Morgan fingerprint density at radius 2 is 2.17 bits per heavy atom. The van der Waals surface area contributed by atoms with Gasteiger partial charge in [-0.25, -0.2) is 0 Å². The molecule has 0 aromatic rings. The van der Waals surface area contributed by atoms with Gasteiger partial charge in [-0.1, -0.05) is 19.8 Å². The predicted molar refractivity (Wildman–Crippen MR) is 75.9 cm³/mol. The van der Waals surface area contributed by atoms with Crippen LogP contribution in [0.5, 0.6) is 0 Å². The van der Waals surface area contributed by atoms with Gasteiger partial charge in [0.05, 0.1) is 12.5 Å². The SMILES string of the molecule is CCS[C@@H]1CCCC[C@H]1NCC[C@H]1CCOC1=O. The van der Waals surface area contributed by atoms with Crippen molar-refractivity contribution < 1.29 is 9.53 Å². The van der Waals surface area contributed by atoms with Crippen LogP contribution in [0.3, 0.4) is 0 Å². The third-order valence-corrected chi connectivity index (χ3v) is 5.35. The highest BCUT2D eigenvalue weighted by Crippen LogP contribution is 2.28. The molecule has 1 saturated carbocycles. The summed E-state index contributed by atoms with van der Waals surface area (Å²) >= 11 is 2.09. The van der Waals surface area contributed by atoms with Crippen molar-refractivity contribution in [3.05, 3.63) is 0 Å². The zero-order valence-electron chi connectivity index (χ0n) is 11.3. The highest BCUT2D eigenvalue weighted by molar-refractivity contribution is 7.99. The Balaban J connectivity index is 1.69. The van der Waals surface area contributed by atoms with Gasteiger partial charge in [0.2, 0.25) is 0 Å². The summed E-state index contributed by atoms with van der Waals surface area (Å²) in [5.41, 5.74) is 0. The van der Waals surface area contributed by atoms with Crippen molar-refractivity contribution in [1.82, 2.24) is 5.32 Å². The number of rotatable bonds is 6. The van der Waals surface area contributed by atoms with Crippen LogP contribution in [0.25, 0.3) is 0 Å². The van der Waals surface area contributed by atoms with E-state index in [0.717, 1.165) is 24.6 Å². The molecule has 0 aromatic carbocycles. The first-order valence-electron chi connectivity index (χ1n) is 7.33. The number of thioether (sulfide) groups is 1. The smallest absolute Gasteiger partial charge is 0.309 e. The number of carbonyl (C=O) groups is 1. The lowest BCUT2D eigenvalue weighted by Crippen LogP contribution is -2.41. The fourth-order valence-corrected chi connectivity index (χ4v) is 4.21.